The zero-order valence-electron chi connectivity index (χ0n) is 13.6. The monoisotopic (exact) mass is 393 g/mol. The van der Waals surface area contributed by atoms with Crippen LogP contribution < -0.4 is 14.4 Å². The van der Waals surface area contributed by atoms with E-state index in [9.17, 15) is 22.7 Å². The Balaban J connectivity index is 2.58. The predicted octanol–water partition coefficient (Wildman–Crippen LogP) is 5.06. The van der Waals surface area contributed by atoms with E-state index in [1.165, 1.54) is 30.0 Å². The highest BCUT2D eigenvalue weighted by molar-refractivity contribution is 6.30. The van der Waals surface area contributed by atoms with Gasteiger partial charge in [0, 0.05) is 17.3 Å². The Bertz CT molecular complexity index is 731. The molecule has 1 atom stereocenters. The van der Waals surface area contributed by atoms with Gasteiger partial charge in [-0.3, -0.25) is 0 Å². The summed E-state index contributed by atoms with van der Waals surface area (Å²) in [5.41, 5.74) is 0.471. The topological polar surface area (TPSA) is 41.9 Å². The first-order chi connectivity index (χ1) is 12.3. The number of halogens is 5. The molecule has 0 aliphatic heterocycles. The van der Waals surface area contributed by atoms with Crippen molar-refractivity contribution in [3.63, 3.8) is 0 Å². The number of alkyl halides is 4. The normalized spacial score (nSPS) is 12.3. The quantitative estimate of drug-likeness (QED) is 0.636. The maximum Gasteiger partial charge on any atom is 0.387 e. The summed E-state index contributed by atoms with van der Waals surface area (Å²) in [6.07, 6.45) is -0.868. The summed E-state index contributed by atoms with van der Waals surface area (Å²) in [5.74, 6) is -1.11. The van der Waals surface area contributed by atoms with Crippen molar-refractivity contribution in [3.05, 3.63) is 47.5 Å². The van der Waals surface area contributed by atoms with Crippen LogP contribution in [0, 0.1) is 0 Å². The van der Waals surface area contributed by atoms with Crippen molar-refractivity contribution >= 4 is 23.0 Å². The molecule has 2 aromatic rings. The van der Waals surface area contributed by atoms with Gasteiger partial charge >= 0.3 is 13.2 Å². The molecule has 9 heteroatoms. The van der Waals surface area contributed by atoms with Crippen LogP contribution in [0.5, 0.6) is 11.5 Å². The number of ether oxygens (including phenoxy) is 2. The number of hydrogen-bond acceptors (Lipinski definition) is 4. The first kappa shape index (κ1) is 20.1. The number of nitrogens with zero attached hydrogens (tertiary/aromatic N) is 1. The smallest absolute Gasteiger partial charge is 0.387 e. The lowest BCUT2D eigenvalue weighted by molar-refractivity contribution is -0.0689. The van der Waals surface area contributed by atoms with Gasteiger partial charge in [-0.2, -0.15) is 17.6 Å². The summed E-state index contributed by atoms with van der Waals surface area (Å²) >= 11 is 5.97. The molecule has 0 bridgehead atoms. The van der Waals surface area contributed by atoms with Crippen molar-refractivity contribution in [3.8, 4) is 11.5 Å². The van der Waals surface area contributed by atoms with Gasteiger partial charge in [0.05, 0.1) is 11.8 Å². The Morgan fingerprint density at radius 3 is 2.27 bits per heavy atom. The maximum atomic E-state index is 12.9. The molecule has 0 aliphatic rings. The summed E-state index contributed by atoms with van der Waals surface area (Å²) in [6.45, 7) is -5.02. The lowest BCUT2D eigenvalue weighted by atomic mass is 10.2. The summed E-state index contributed by atoms with van der Waals surface area (Å²) in [6, 6.07) is 10.2. The summed E-state index contributed by atoms with van der Waals surface area (Å²) in [4.78, 5) is 1.42. The Labute approximate surface area is 152 Å². The number of benzene rings is 2. The largest absolute Gasteiger partial charge is 0.431 e. The fourth-order valence-electron chi connectivity index (χ4n) is 2.36. The third-order valence-corrected chi connectivity index (χ3v) is 3.47. The van der Waals surface area contributed by atoms with Crippen molar-refractivity contribution < 1.29 is 32.1 Å². The van der Waals surface area contributed by atoms with E-state index >= 15 is 0 Å². The maximum absolute atomic E-state index is 12.9. The van der Waals surface area contributed by atoms with Crippen LogP contribution in [0.15, 0.2) is 42.5 Å². The van der Waals surface area contributed by atoms with Gasteiger partial charge in [0.1, 0.15) is 0 Å². The van der Waals surface area contributed by atoms with Crippen molar-refractivity contribution in [2.75, 3.05) is 11.4 Å². The lowest BCUT2D eigenvalue weighted by Gasteiger charge is -2.29. The Hall–Kier alpha value is -2.19. The van der Waals surface area contributed by atoms with Crippen molar-refractivity contribution in [1.82, 2.24) is 0 Å². The molecule has 4 nitrogen and oxygen atoms in total. The minimum Gasteiger partial charge on any atom is -0.431 e. The van der Waals surface area contributed by atoms with Crippen LogP contribution in [0.1, 0.15) is 6.92 Å². The number of anilines is 2. The minimum atomic E-state index is -3.26. The van der Waals surface area contributed by atoms with E-state index in [1.54, 1.807) is 18.2 Å². The molecule has 1 N–H and O–H groups in total. The van der Waals surface area contributed by atoms with Crippen molar-refractivity contribution in [1.29, 1.82) is 0 Å². The zero-order chi connectivity index (χ0) is 19.3. The molecular weight excluding hydrogens is 378 g/mol. The minimum absolute atomic E-state index is 0.0200. The molecule has 0 aliphatic carbocycles. The van der Waals surface area contributed by atoms with Crippen LogP contribution in [0.25, 0.3) is 0 Å². The molecule has 0 amide bonds. The number of hydrogen-bond donors (Lipinski definition) is 1. The lowest BCUT2D eigenvalue weighted by Crippen LogP contribution is -2.27. The third kappa shape index (κ3) is 5.40. The van der Waals surface area contributed by atoms with E-state index in [-0.39, 0.29) is 12.2 Å². The van der Waals surface area contributed by atoms with E-state index in [0.29, 0.717) is 10.7 Å². The fraction of sp³-hybridized carbons (Fsp3) is 0.294. The van der Waals surface area contributed by atoms with Crippen LogP contribution in [-0.2, 0) is 0 Å². The summed E-state index contributed by atoms with van der Waals surface area (Å²) < 4.78 is 59.7. The summed E-state index contributed by atoms with van der Waals surface area (Å²) in [5, 5.41) is 10.2. The molecule has 0 fully saturated rings. The Morgan fingerprint density at radius 1 is 1.04 bits per heavy atom. The highest BCUT2D eigenvalue weighted by atomic mass is 35.5. The second-order valence-corrected chi connectivity index (χ2v) is 5.74. The second-order valence-electron chi connectivity index (χ2n) is 5.30. The molecule has 1 unspecified atom stereocenters. The Kier molecular flexibility index (Phi) is 6.93. The Morgan fingerprint density at radius 2 is 1.69 bits per heavy atom. The highest BCUT2D eigenvalue weighted by Gasteiger charge is 2.23. The van der Waals surface area contributed by atoms with Gasteiger partial charge < -0.3 is 19.5 Å². The van der Waals surface area contributed by atoms with Crippen LogP contribution in [0.2, 0.25) is 5.02 Å². The average molecular weight is 394 g/mol. The van der Waals surface area contributed by atoms with Gasteiger partial charge in [-0.25, -0.2) is 0 Å². The van der Waals surface area contributed by atoms with Crippen LogP contribution in [0.4, 0.5) is 28.9 Å². The van der Waals surface area contributed by atoms with Crippen molar-refractivity contribution in [2.45, 2.75) is 26.3 Å². The van der Waals surface area contributed by atoms with E-state index in [4.69, 9.17) is 11.6 Å². The number of para-hydroxylation sites is 1. The first-order valence-corrected chi connectivity index (χ1v) is 7.89. The van der Waals surface area contributed by atoms with Crippen LogP contribution >= 0.6 is 11.6 Å². The molecule has 0 heterocycles. The highest BCUT2D eigenvalue weighted by Crippen LogP contribution is 2.42. The average Bonchev–Trinajstić information content (AvgIpc) is 2.53. The molecule has 26 heavy (non-hydrogen) atoms. The van der Waals surface area contributed by atoms with Gasteiger partial charge in [0.15, 0.2) is 11.5 Å². The van der Waals surface area contributed by atoms with Gasteiger partial charge in [-0.1, -0.05) is 23.7 Å². The van der Waals surface area contributed by atoms with Gasteiger partial charge in [0.25, 0.3) is 0 Å². The second kappa shape index (κ2) is 8.95. The third-order valence-electron chi connectivity index (χ3n) is 3.24. The molecule has 0 spiro atoms. The molecule has 0 saturated heterocycles. The zero-order valence-corrected chi connectivity index (χ0v) is 14.3. The number of aliphatic hydroxyl groups is 1. The summed E-state index contributed by atoms with van der Waals surface area (Å²) in [7, 11) is 0. The first-order valence-electron chi connectivity index (χ1n) is 7.51. The molecule has 0 aromatic heterocycles. The van der Waals surface area contributed by atoms with E-state index in [0.717, 1.165) is 6.07 Å². The van der Waals surface area contributed by atoms with E-state index in [1.807, 2.05) is 0 Å². The van der Waals surface area contributed by atoms with E-state index < -0.39 is 30.8 Å². The number of aliphatic hydroxyl groups excluding tert-OH is 1. The SMILES string of the molecule is CC(O)CN(c1cccc(Cl)c1)c1cccc(OC(F)F)c1OC(F)F. The van der Waals surface area contributed by atoms with Crippen molar-refractivity contribution in [2.24, 2.45) is 0 Å². The van der Waals surface area contributed by atoms with Gasteiger partial charge in [-0.15, -0.1) is 0 Å². The van der Waals surface area contributed by atoms with Gasteiger partial charge in [0.2, 0.25) is 0 Å². The molecule has 0 radical (unpaired) electrons. The molecule has 2 rings (SSSR count). The number of rotatable bonds is 8. The van der Waals surface area contributed by atoms with E-state index in [2.05, 4.69) is 9.47 Å². The fourth-order valence-corrected chi connectivity index (χ4v) is 2.55. The standard InChI is InChI=1S/C17H16ClF4NO3/c1-10(24)9-23(12-5-2-4-11(18)8-12)13-6-3-7-14(25-16(19)20)15(13)26-17(21)22/h2-8,10,16-17,24H,9H2,1H3. The molecular formula is C17H16ClF4NO3. The van der Waals surface area contributed by atoms with Gasteiger partial charge in [-0.05, 0) is 37.3 Å². The van der Waals surface area contributed by atoms with Crippen LogP contribution in [-0.4, -0.2) is 31.0 Å². The molecule has 142 valence electrons. The molecule has 0 saturated carbocycles. The predicted molar refractivity (Wildman–Crippen MR) is 89.8 cm³/mol. The van der Waals surface area contributed by atoms with Crippen LogP contribution in [0.3, 0.4) is 0 Å². The molecule has 2 aromatic carbocycles.